The molecule has 0 aliphatic heterocycles. The lowest BCUT2D eigenvalue weighted by atomic mass is 9.49. The third-order valence-corrected chi connectivity index (χ3v) is 11.1. The highest BCUT2D eigenvalue weighted by Gasteiger charge is 2.51. The van der Waals surface area contributed by atoms with Gasteiger partial charge in [-0.25, -0.2) is 4.79 Å². The van der Waals surface area contributed by atoms with Crippen LogP contribution < -0.4 is 0 Å². The fraction of sp³-hybridized carbons (Fsp3) is 0.833. The van der Waals surface area contributed by atoms with E-state index in [2.05, 4.69) is 50.0 Å². The van der Waals surface area contributed by atoms with Crippen molar-refractivity contribution in [2.24, 2.45) is 29.1 Å². The number of allylic oxidation sites excluding steroid dienone is 4. The summed E-state index contributed by atoms with van der Waals surface area (Å²) in [6.07, 6.45) is 29.7. The van der Waals surface area contributed by atoms with Gasteiger partial charge in [-0.3, -0.25) is 9.59 Å². The summed E-state index contributed by atoms with van der Waals surface area (Å²) in [7, 11) is 0. The second-order valence-corrected chi connectivity index (χ2v) is 15.6. The van der Waals surface area contributed by atoms with Gasteiger partial charge >= 0.3 is 18.1 Å². The van der Waals surface area contributed by atoms with Crippen molar-refractivity contribution in [1.29, 1.82) is 0 Å². The van der Waals surface area contributed by atoms with E-state index >= 15 is 0 Å². The number of rotatable bonds is 28. The first kappa shape index (κ1) is 42.1. The SMILES string of the molecule is CCCCCC=CCC=CCCCCCCCC(=O)OCC(COC(=O)CC12CC3CC(CC(C3)C1)C2)COC(=O)OCCCN(CC)CC. The summed E-state index contributed by atoms with van der Waals surface area (Å²) in [5, 5.41) is 0. The molecular formula is C42H71NO7. The number of nitrogens with zero attached hydrogens (tertiary/aromatic N) is 1. The quantitative estimate of drug-likeness (QED) is 0.0345. The fourth-order valence-corrected chi connectivity index (χ4v) is 8.79. The third-order valence-electron chi connectivity index (χ3n) is 11.1. The van der Waals surface area contributed by atoms with Crippen LogP contribution in [-0.2, 0) is 28.5 Å². The molecular weight excluding hydrogens is 630 g/mol. The zero-order chi connectivity index (χ0) is 35.9. The molecule has 0 radical (unpaired) electrons. The van der Waals surface area contributed by atoms with Gasteiger partial charge in [0.1, 0.15) is 19.8 Å². The van der Waals surface area contributed by atoms with E-state index in [1.807, 2.05) is 0 Å². The van der Waals surface area contributed by atoms with Crippen LogP contribution in [0.3, 0.4) is 0 Å². The Hall–Kier alpha value is -2.35. The summed E-state index contributed by atoms with van der Waals surface area (Å²) in [6, 6.07) is 0. The number of hydrogen-bond donors (Lipinski definition) is 0. The van der Waals surface area contributed by atoms with Crippen molar-refractivity contribution >= 4 is 18.1 Å². The molecule has 8 heteroatoms. The Morgan fingerprint density at radius 2 is 1.22 bits per heavy atom. The van der Waals surface area contributed by atoms with E-state index in [9.17, 15) is 14.4 Å². The van der Waals surface area contributed by atoms with Crippen molar-refractivity contribution in [2.45, 2.75) is 149 Å². The maximum Gasteiger partial charge on any atom is 0.508 e. The predicted molar refractivity (Wildman–Crippen MR) is 200 cm³/mol. The van der Waals surface area contributed by atoms with Gasteiger partial charge in [0.05, 0.1) is 18.9 Å². The summed E-state index contributed by atoms with van der Waals surface area (Å²) in [5.41, 5.74) is 0.0980. The number of hydrogen-bond acceptors (Lipinski definition) is 8. The van der Waals surface area contributed by atoms with Gasteiger partial charge in [0.15, 0.2) is 0 Å². The van der Waals surface area contributed by atoms with Crippen molar-refractivity contribution < 1.29 is 33.3 Å². The summed E-state index contributed by atoms with van der Waals surface area (Å²) in [5.74, 6) is 1.42. The first-order valence-electron chi connectivity index (χ1n) is 20.5. The molecule has 4 rings (SSSR count). The van der Waals surface area contributed by atoms with Gasteiger partial charge in [-0.2, -0.15) is 0 Å². The largest absolute Gasteiger partial charge is 0.508 e. The van der Waals surface area contributed by atoms with Gasteiger partial charge in [0.25, 0.3) is 0 Å². The van der Waals surface area contributed by atoms with Gasteiger partial charge in [0, 0.05) is 13.0 Å². The Bertz CT molecular complexity index is 984. The summed E-state index contributed by atoms with van der Waals surface area (Å²) in [4.78, 5) is 40.2. The topological polar surface area (TPSA) is 91.4 Å². The molecule has 4 saturated carbocycles. The number of carbonyl (C=O) groups is 3. The molecule has 1 atom stereocenters. The molecule has 0 aromatic heterocycles. The molecule has 0 saturated heterocycles. The average molecular weight is 702 g/mol. The first-order valence-corrected chi connectivity index (χ1v) is 20.5. The molecule has 1 unspecified atom stereocenters. The van der Waals surface area contributed by atoms with Gasteiger partial charge < -0.3 is 23.8 Å². The Kier molecular flexibility index (Phi) is 20.8. The molecule has 0 amide bonds. The standard InChI is InChI=1S/C42H71NO7/c1-4-7-8-9-10-11-12-13-14-15-16-17-18-19-20-22-39(44)48-32-38(34-50-41(46)47-24-21-23-43(5-2)6-3)33-49-40(45)31-42-28-35-25-36(29-42)27-37(26-35)30-42/h10-11,13-14,35-38H,4-9,12,15-34H2,1-3H3. The number of unbranched alkanes of at least 4 members (excludes halogenated alkanes) is 8. The van der Waals surface area contributed by atoms with Gasteiger partial charge in [0.2, 0.25) is 0 Å². The van der Waals surface area contributed by atoms with E-state index in [1.54, 1.807) is 0 Å². The molecule has 4 aliphatic carbocycles. The highest BCUT2D eigenvalue weighted by molar-refractivity contribution is 5.70. The van der Waals surface area contributed by atoms with Gasteiger partial charge in [-0.15, -0.1) is 0 Å². The second-order valence-electron chi connectivity index (χ2n) is 15.6. The average Bonchev–Trinajstić information content (AvgIpc) is 3.08. The van der Waals surface area contributed by atoms with Crippen LogP contribution in [0.2, 0.25) is 0 Å². The summed E-state index contributed by atoms with van der Waals surface area (Å²) < 4.78 is 22.0. The van der Waals surface area contributed by atoms with E-state index in [1.165, 1.54) is 51.4 Å². The van der Waals surface area contributed by atoms with E-state index in [0.29, 0.717) is 12.8 Å². The van der Waals surface area contributed by atoms with Crippen molar-refractivity contribution in [1.82, 2.24) is 4.90 Å². The van der Waals surface area contributed by atoms with Crippen LogP contribution in [-0.4, -0.2) is 69.1 Å². The molecule has 0 spiro atoms. The Balaban J connectivity index is 1.31. The number of esters is 2. The lowest BCUT2D eigenvalue weighted by molar-refractivity contribution is -0.155. The highest BCUT2D eigenvalue weighted by atomic mass is 16.7. The van der Waals surface area contributed by atoms with Gasteiger partial charge in [-0.1, -0.05) is 77.2 Å². The zero-order valence-corrected chi connectivity index (χ0v) is 32.0. The third kappa shape index (κ3) is 17.2. The van der Waals surface area contributed by atoms with Crippen molar-refractivity contribution in [3.05, 3.63) is 24.3 Å². The van der Waals surface area contributed by atoms with E-state index in [-0.39, 0.29) is 43.8 Å². The van der Waals surface area contributed by atoms with Crippen LogP contribution in [0.1, 0.15) is 149 Å². The second kappa shape index (κ2) is 24.8. The lowest BCUT2D eigenvalue weighted by Gasteiger charge is -2.56. The van der Waals surface area contributed by atoms with Crippen LogP contribution in [0.15, 0.2) is 24.3 Å². The molecule has 0 heterocycles. The monoisotopic (exact) mass is 702 g/mol. The number of carbonyl (C=O) groups excluding carboxylic acids is 3. The molecule has 0 aromatic rings. The summed E-state index contributed by atoms with van der Waals surface area (Å²) in [6.45, 7) is 9.57. The molecule has 4 aliphatic rings. The van der Waals surface area contributed by atoms with Crippen LogP contribution in [0, 0.1) is 29.1 Å². The zero-order valence-electron chi connectivity index (χ0n) is 32.0. The molecule has 0 N–H and O–H groups in total. The van der Waals surface area contributed by atoms with Crippen molar-refractivity contribution in [2.75, 3.05) is 46.1 Å². The minimum atomic E-state index is -0.745. The Morgan fingerprint density at radius 3 is 1.84 bits per heavy atom. The van der Waals surface area contributed by atoms with E-state index in [0.717, 1.165) is 102 Å². The smallest absolute Gasteiger partial charge is 0.465 e. The number of ether oxygens (including phenoxy) is 4. The van der Waals surface area contributed by atoms with E-state index < -0.39 is 12.1 Å². The molecule has 4 bridgehead atoms. The van der Waals surface area contributed by atoms with Crippen molar-refractivity contribution in [3.8, 4) is 0 Å². The lowest BCUT2D eigenvalue weighted by Crippen LogP contribution is -2.47. The van der Waals surface area contributed by atoms with Crippen LogP contribution in [0.5, 0.6) is 0 Å². The maximum atomic E-state index is 13.1. The molecule has 286 valence electrons. The predicted octanol–water partition coefficient (Wildman–Crippen LogP) is 9.99. The normalized spacial score (nSPS) is 23.2. The van der Waals surface area contributed by atoms with Crippen LogP contribution in [0.4, 0.5) is 4.79 Å². The molecule has 4 fully saturated rings. The van der Waals surface area contributed by atoms with Crippen LogP contribution in [0.25, 0.3) is 0 Å². The maximum absolute atomic E-state index is 13.1. The van der Waals surface area contributed by atoms with Crippen LogP contribution >= 0.6 is 0 Å². The van der Waals surface area contributed by atoms with Gasteiger partial charge in [-0.05, 0) is 120 Å². The Labute approximate surface area is 304 Å². The van der Waals surface area contributed by atoms with Crippen molar-refractivity contribution in [3.63, 3.8) is 0 Å². The minimum Gasteiger partial charge on any atom is -0.465 e. The fourth-order valence-electron chi connectivity index (χ4n) is 8.79. The molecule has 0 aromatic carbocycles. The Morgan fingerprint density at radius 1 is 0.660 bits per heavy atom. The highest BCUT2D eigenvalue weighted by Crippen LogP contribution is 2.61. The van der Waals surface area contributed by atoms with E-state index in [4.69, 9.17) is 18.9 Å². The molecule has 50 heavy (non-hydrogen) atoms. The summed E-state index contributed by atoms with van der Waals surface area (Å²) >= 11 is 0. The first-order chi connectivity index (χ1) is 24.3. The molecule has 8 nitrogen and oxygen atoms in total. The minimum absolute atomic E-state index is 0.0313.